The molecule has 2 atom stereocenters. The molecule has 1 aliphatic carbocycles. The second-order valence-corrected chi connectivity index (χ2v) is 7.40. The quantitative estimate of drug-likeness (QED) is 0.673. The third-order valence-corrected chi connectivity index (χ3v) is 6.21. The Bertz CT molecular complexity index is 574. The molecule has 2 fully saturated rings. The molecule has 0 bridgehead atoms. The van der Waals surface area contributed by atoms with Gasteiger partial charge in [0, 0.05) is 32.0 Å². The molecule has 0 aromatic carbocycles. The molecule has 9 heteroatoms. The number of carbonyl (C=O) groups excluding carboxylic acids is 1. The number of aliphatic hydroxyl groups excluding tert-OH is 2. The lowest BCUT2D eigenvalue weighted by Crippen LogP contribution is -2.63. The molecule has 2 aliphatic rings. The number of carbonyl (C=O) groups is 1. The van der Waals surface area contributed by atoms with Gasteiger partial charge < -0.3 is 24.4 Å². The largest absolute Gasteiger partial charge is 0.394 e. The summed E-state index contributed by atoms with van der Waals surface area (Å²) in [6.45, 7) is 1.56. The topological polar surface area (TPSA) is 101 Å². The number of aryl methyl sites for hydroxylation is 1. The van der Waals surface area contributed by atoms with E-state index in [2.05, 4.69) is 10.2 Å². The van der Waals surface area contributed by atoms with E-state index in [1.54, 1.807) is 10.9 Å². The van der Waals surface area contributed by atoms with Crippen molar-refractivity contribution in [2.45, 2.75) is 36.6 Å². The first kappa shape index (κ1) is 17.7. The zero-order chi connectivity index (χ0) is 17.2. The fraction of sp³-hybridized carbons (Fsp3) is 0.800. The van der Waals surface area contributed by atoms with E-state index >= 15 is 0 Å². The van der Waals surface area contributed by atoms with E-state index in [0.717, 1.165) is 18.0 Å². The highest BCUT2D eigenvalue weighted by Crippen LogP contribution is 2.50. The van der Waals surface area contributed by atoms with Crippen molar-refractivity contribution in [3.8, 4) is 0 Å². The second-order valence-electron chi connectivity index (χ2n) is 6.46. The summed E-state index contributed by atoms with van der Waals surface area (Å²) in [6.07, 6.45) is 3.34. The Morgan fingerprint density at radius 1 is 1.50 bits per heavy atom. The summed E-state index contributed by atoms with van der Waals surface area (Å²) in [5.74, 6) is 0.423. The number of likely N-dealkylation sites (tertiary alicyclic amines) is 1. The van der Waals surface area contributed by atoms with Crippen molar-refractivity contribution in [2.24, 2.45) is 12.5 Å². The van der Waals surface area contributed by atoms with Crippen molar-refractivity contribution in [3.05, 3.63) is 6.33 Å². The summed E-state index contributed by atoms with van der Waals surface area (Å²) < 4.78 is 7.45. The van der Waals surface area contributed by atoms with Crippen LogP contribution in [0.5, 0.6) is 0 Å². The van der Waals surface area contributed by atoms with Gasteiger partial charge in [0.15, 0.2) is 5.16 Å². The number of rotatable bonds is 6. The van der Waals surface area contributed by atoms with Crippen molar-refractivity contribution in [1.82, 2.24) is 19.7 Å². The molecule has 1 aliphatic heterocycles. The number of ether oxygens (including phenoxy) is 1. The molecule has 24 heavy (non-hydrogen) atoms. The minimum atomic E-state index is -0.369. The average Bonchev–Trinajstić information content (AvgIpc) is 3.01. The van der Waals surface area contributed by atoms with Crippen LogP contribution in [0.2, 0.25) is 0 Å². The molecule has 1 saturated carbocycles. The fourth-order valence-electron chi connectivity index (χ4n) is 3.60. The Kier molecular flexibility index (Phi) is 5.43. The molecule has 3 rings (SSSR count). The highest BCUT2D eigenvalue weighted by Gasteiger charge is 2.56. The van der Waals surface area contributed by atoms with Crippen LogP contribution < -0.4 is 0 Å². The molecule has 1 aromatic rings. The van der Waals surface area contributed by atoms with Crippen molar-refractivity contribution in [1.29, 1.82) is 0 Å². The molecule has 0 unspecified atom stereocenters. The Hall–Kier alpha value is -1.16. The van der Waals surface area contributed by atoms with Gasteiger partial charge >= 0.3 is 0 Å². The maximum atomic E-state index is 12.4. The molecule has 2 N–H and O–H groups in total. The summed E-state index contributed by atoms with van der Waals surface area (Å²) in [5.41, 5.74) is -0.247. The molecule has 1 aromatic heterocycles. The van der Waals surface area contributed by atoms with Crippen LogP contribution in [0.4, 0.5) is 0 Å². The lowest BCUT2D eigenvalue weighted by molar-refractivity contribution is -0.213. The number of amides is 1. The average molecular weight is 356 g/mol. The summed E-state index contributed by atoms with van der Waals surface area (Å²) in [6, 6.07) is 0. The van der Waals surface area contributed by atoms with Gasteiger partial charge in [-0.1, -0.05) is 11.8 Å². The highest BCUT2D eigenvalue weighted by atomic mass is 32.2. The first-order valence-electron chi connectivity index (χ1n) is 8.22. The molecule has 134 valence electrons. The van der Waals surface area contributed by atoms with Gasteiger partial charge in [0.05, 0.1) is 31.2 Å². The highest BCUT2D eigenvalue weighted by molar-refractivity contribution is 7.99. The lowest BCUT2D eigenvalue weighted by Gasteiger charge is -2.56. The monoisotopic (exact) mass is 356 g/mol. The predicted molar refractivity (Wildman–Crippen MR) is 87.4 cm³/mol. The maximum absolute atomic E-state index is 12.4. The molecule has 1 spiro atoms. The van der Waals surface area contributed by atoms with E-state index < -0.39 is 0 Å². The Balaban J connectivity index is 1.49. The maximum Gasteiger partial charge on any atom is 0.233 e. The SMILES string of the molecule is Cn1cnnc1SCC(=O)N1CCC2(CC1)[C@@H](O)C[C@H]2OCCO. The van der Waals surface area contributed by atoms with Crippen LogP contribution in [-0.4, -0.2) is 80.0 Å². The predicted octanol–water partition coefficient (Wildman–Crippen LogP) is -0.342. The normalized spacial score (nSPS) is 25.7. The van der Waals surface area contributed by atoms with Crippen LogP contribution in [-0.2, 0) is 16.6 Å². The minimum Gasteiger partial charge on any atom is -0.394 e. The Morgan fingerprint density at radius 2 is 2.25 bits per heavy atom. The van der Waals surface area contributed by atoms with Crippen molar-refractivity contribution in [3.63, 3.8) is 0 Å². The van der Waals surface area contributed by atoms with E-state index in [4.69, 9.17) is 9.84 Å². The third kappa shape index (κ3) is 3.30. The standard InChI is InChI=1S/C15H24N4O4S/c1-18-10-16-17-14(18)24-9-13(22)19-4-2-15(3-5-19)11(21)8-12(15)23-7-6-20/h10-12,20-21H,2-9H2,1H3/t11-,12+/m0/s1. The van der Waals surface area contributed by atoms with E-state index in [9.17, 15) is 9.90 Å². The fourth-order valence-corrected chi connectivity index (χ4v) is 4.39. The first-order valence-corrected chi connectivity index (χ1v) is 9.20. The molecule has 0 radical (unpaired) electrons. The smallest absolute Gasteiger partial charge is 0.233 e. The number of aromatic nitrogens is 3. The number of aliphatic hydroxyl groups is 2. The number of hydrogen-bond donors (Lipinski definition) is 2. The van der Waals surface area contributed by atoms with Gasteiger partial charge in [-0.3, -0.25) is 4.79 Å². The van der Waals surface area contributed by atoms with E-state index in [-0.39, 0.29) is 30.1 Å². The number of piperidine rings is 1. The molecular formula is C15H24N4O4S. The zero-order valence-corrected chi connectivity index (χ0v) is 14.6. The van der Waals surface area contributed by atoms with Crippen LogP contribution >= 0.6 is 11.8 Å². The van der Waals surface area contributed by atoms with Crippen LogP contribution in [0.15, 0.2) is 11.5 Å². The molecule has 8 nitrogen and oxygen atoms in total. The summed E-state index contributed by atoms with van der Waals surface area (Å²) in [5, 5.41) is 27.6. The van der Waals surface area contributed by atoms with Crippen molar-refractivity contribution >= 4 is 17.7 Å². The number of nitrogens with zero attached hydrogens (tertiary/aromatic N) is 4. The van der Waals surface area contributed by atoms with E-state index in [0.29, 0.717) is 31.9 Å². The van der Waals surface area contributed by atoms with Gasteiger partial charge in [-0.2, -0.15) is 0 Å². The molecule has 1 amide bonds. The third-order valence-electron chi connectivity index (χ3n) is 5.19. The van der Waals surface area contributed by atoms with Crippen LogP contribution in [0.25, 0.3) is 0 Å². The zero-order valence-electron chi connectivity index (χ0n) is 13.8. The lowest BCUT2D eigenvalue weighted by atomic mass is 9.58. The minimum absolute atomic E-state index is 0.00738. The van der Waals surface area contributed by atoms with Gasteiger partial charge in [-0.25, -0.2) is 0 Å². The molecular weight excluding hydrogens is 332 g/mol. The number of thioether (sulfide) groups is 1. The van der Waals surface area contributed by atoms with Gasteiger partial charge in [0.1, 0.15) is 6.33 Å². The van der Waals surface area contributed by atoms with Crippen LogP contribution in [0, 0.1) is 5.41 Å². The van der Waals surface area contributed by atoms with Crippen LogP contribution in [0.3, 0.4) is 0 Å². The van der Waals surface area contributed by atoms with Gasteiger partial charge in [0.2, 0.25) is 5.91 Å². The first-order chi connectivity index (χ1) is 11.6. The Morgan fingerprint density at radius 3 is 2.83 bits per heavy atom. The molecule has 2 heterocycles. The van der Waals surface area contributed by atoms with E-state index in [1.165, 1.54) is 11.8 Å². The Labute approximate surface area is 145 Å². The van der Waals surface area contributed by atoms with Crippen molar-refractivity contribution in [2.75, 3.05) is 32.1 Å². The second kappa shape index (κ2) is 7.38. The van der Waals surface area contributed by atoms with Crippen LogP contribution in [0.1, 0.15) is 19.3 Å². The summed E-state index contributed by atoms with van der Waals surface area (Å²) in [7, 11) is 1.85. The van der Waals surface area contributed by atoms with Gasteiger partial charge in [-0.15, -0.1) is 10.2 Å². The van der Waals surface area contributed by atoms with Gasteiger partial charge in [-0.05, 0) is 12.8 Å². The van der Waals surface area contributed by atoms with E-state index in [1.807, 2.05) is 11.9 Å². The molecule has 1 saturated heterocycles. The van der Waals surface area contributed by atoms with Gasteiger partial charge in [0.25, 0.3) is 0 Å². The van der Waals surface area contributed by atoms with Crippen molar-refractivity contribution < 1.29 is 19.7 Å². The number of hydrogen-bond acceptors (Lipinski definition) is 7. The summed E-state index contributed by atoms with van der Waals surface area (Å²) >= 11 is 1.38. The summed E-state index contributed by atoms with van der Waals surface area (Å²) in [4.78, 5) is 14.2.